The molecule has 132 valence electrons. The molecule has 1 fully saturated rings. The Kier molecular flexibility index (Phi) is 5.06. The van der Waals surface area contributed by atoms with Gasteiger partial charge in [0.2, 0.25) is 0 Å². The van der Waals surface area contributed by atoms with Gasteiger partial charge in [-0.1, -0.05) is 18.2 Å². The van der Waals surface area contributed by atoms with E-state index >= 15 is 0 Å². The van der Waals surface area contributed by atoms with Crippen LogP contribution in [0.2, 0.25) is 0 Å². The van der Waals surface area contributed by atoms with Crippen molar-refractivity contribution in [2.45, 2.75) is 24.3 Å². The topological polar surface area (TPSA) is 81.7 Å². The highest BCUT2D eigenvalue weighted by Gasteiger charge is 2.22. The van der Waals surface area contributed by atoms with E-state index in [2.05, 4.69) is 4.72 Å². The molecule has 1 aliphatic heterocycles. The minimum Gasteiger partial charge on any atom is -0.456 e. The molecule has 0 bridgehead atoms. The SMILES string of the molecule is Cc1cccc(NS(=O)(=O)c2cccc(C(=O)OC3CCOC3)c2)c1. The summed E-state index contributed by atoms with van der Waals surface area (Å²) in [7, 11) is -3.80. The largest absolute Gasteiger partial charge is 0.456 e. The first kappa shape index (κ1) is 17.4. The fourth-order valence-electron chi connectivity index (χ4n) is 2.54. The van der Waals surface area contributed by atoms with E-state index in [1.165, 1.54) is 24.3 Å². The molecule has 1 N–H and O–H groups in total. The molecule has 1 unspecified atom stereocenters. The number of carbonyl (C=O) groups excluding carboxylic acids is 1. The predicted octanol–water partition coefficient (Wildman–Crippen LogP) is 2.74. The first-order chi connectivity index (χ1) is 11.9. The number of ether oxygens (including phenoxy) is 2. The second-order valence-electron chi connectivity index (χ2n) is 5.89. The lowest BCUT2D eigenvalue weighted by Gasteiger charge is -2.12. The van der Waals surface area contributed by atoms with Crippen LogP contribution in [0.1, 0.15) is 22.3 Å². The lowest BCUT2D eigenvalue weighted by atomic mass is 10.2. The minimum atomic E-state index is -3.80. The van der Waals surface area contributed by atoms with Gasteiger partial charge in [-0.3, -0.25) is 4.72 Å². The lowest BCUT2D eigenvalue weighted by molar-refractivity contribution is 0.0270. The third-order valence-corrected chi connectivity index (χ3v) is 5.19. The van der Waals surface area contributed by atoms with Gasteiger partial charge in [-0.05, 0) is 42.8 Å². The van der Waals surface area contributed by atoms with E-state index in [4.69, 9.17) is 9.47 Å². The highest BCUT2D eigenvalue weighted by Crippen LogP contribution is 2.19. The summed E-state index contributed by atoms with van der Waals surface area (Å²) in [6.07, 6.45) is 0.372. The van der Waals surface area contributed by atoms with Crippen LogP contribution in [-0.4, -0.2) is 33.7 Å². The van der Waals surface area contributed by atoms with Gasteiger partial charge in [0.05, 0.1) is 23.7 Å². The summed E-state index contributed by atoms with van der Waals surface area (Å²) in [4.78, 5) is 12.2. The van der Waals surface area contributed by atoms with Crippen molar-refractivity contribution in [2.24, 2.45) is 0 Å². The number of esters is 1. The number of carbonyl (C=O) groups is 1. The zero-order valence-electron chi connectivity index (χ0n) is 13.8. The van der Waals surface area contributed by atoms with Crippen LogP contribution in [0.3, 0.4) is 0 Å². The Labute approximate surface area is 146 Å². The molecule has 1 atom stereocenters. The number of hydrogen-bond acceptors (Lipinski definition) is 5. The van der Waals surface area contributed by atoms with Crippen molar-refractivity contribution in [1.29, 1.82) is 0 Å². The summed E-state index contributed by atoms with van der Waals surface area (Å²) in [5, 5.41) is 0. The van der Waals surface area contributed by atoms with Crippen LogP contribution in [0.4, 0.5) is 5.69 Å². The molecule has 0 saturated carbocycles. The molecule has 0 amide bonds. The van der Waals surface area contributed by atoms with Crippen molar-refractivity contribution < 1.29 is 22.7 Å². The van der Waals surface area contributed by atoms with Crippen LogP contribution in [0, 0.1) is 6.92 Å². The van der Waals surface area contributed by atoms with Crippen LogP contribution < -0.4 is 4.72 Å². The number of benzene rings is 2. The van der Waals surface area contributed by atoms with Gasteiger partial charge >= 0.3 is 5.97 Å². The molecule has 1 heterocycles. The molecule has 1 saturated heterocycles. The average molecular weight is 361 g/mol. The smallest absolute Gasteiger partial charge is 0.338 e. The number of anilines is 1. The van der Waals surface area contributed by atoms with Crippen molar-refractivity contribution in [2.75, 3.05) is 17.9 Å². The van der Waals surface area contributed by atoms with Gasteiger partial charge in [0, 0.05) is 12.1 Å². The predicted molar refractivity (Wildman–Crippen MR) is 93.1 cm³/mol. The summed E-state index contributed by atoms with van der Waals surface area (Å²) in [5.41, 5.74) is 1.60. The number of hydrogen-bond donors (Lipinski definition) is 1. The molecule has 2 aromatic carbocycles. The first-order valence-electron chi connectivity index (χ1n) is 7.92. The van der Waals surface area contributed by atoms with Gasteiger partial charge in [-0.25, -0.2) is 13.2 Å². The molecule has 0 radical (unpaired) electrons. The molecule has 1 aliphatic rings. The highest BCUT2D eigenvalue weighted by molar-refractivity contribution is 7.92. The van der Waals surface area contributed by atoms with E-state index in [1.54, 1.807) is 18.2 Å². The van der Waals surface area contributed by atoms with Crippen LogP contribution in [-0.2, 0) is 19.5 Å². The van der Waals surface area contributed by atoms with Gasteiger partial charge in [0.15, 0.2) is 0 Å². The molecular weight excluding hydrogens is 342 g/mol. The van der Waals surface area contributed by atoms with Crippen molar-refractivity contribution >= 4 is 21.7 Å². The monoisotopic (exact) mass is 361 g/mol. The third kappa shape index (κ3) is 4.37. The molecule has 0 spiro atoms. The fraction of sp³-hybridized carbons (Fsp3) is 0.278. The van der Waals surface area contributed by atoms with E-state index in [-0.39, 0.29) is 16.6 Å². The van der Waals surface area contributed by atoms with Gasteiger partial charge in [-0.15, -0.1) is 0 Å². The van der Waals surface area contributed by atoms with Gasteiger partial charge in [0.25, 0.3) is 10.0 Å². The van der Waals surface area contributed by atoms with E-state index in [9.17, 15) is 13.2 Å². The molecule has 2 aromatic rings. The van der Waals surface area contributed by atoms with Crippen LogP contribution >= 0.6 is 0 Å². The number of sulfonamides is 1. The number of aryl methyl sites for hydroxylation is 1. The van der Waals surface area contributed by atoms with Crippen molar-refractivity contribution in [1.82, 2.24) is 0 Å². The Balaban J connectivity index is 1.78. The van der Waals surface area contributed by atoms with Crippen molar-refractivity contribution in [3.63, 3.8) is 0 Å². The average Bonchev–Trinajstić information content (AvgIpc) is 3.07. The van der Waals surface area contributed by atoms with E-state index in [0.717, 1.165) is 5.56 Å². The van der Waals surface area contributed by atoms with Crippen molar-refractivity contribution in [3.05, 3.63) is 59.7 Å². The molecular formula is C18H19NO5S. The minimum absolute atomic E-state index is 0.00567. The Hall–Kier alpha value is -2.38. The second kappa shape index (κ2) is 7.25. The lowest BCUT2D eigenvalue weighted by Crippen LogP contribution is -2.19. The standard InChI is InChI=1S/C18H19NO5S/c1-13-4-2-6-15(10-13)19-25(21,22)17-7-3-5-14(11-17)18(20)24-16-8-9-23-12-16/h2-7,10-11,16,19H,8-9,12H2,1H3. The van der Waals surface area contributed by atoms with Crippen molar-refractivity contribution in [3.8, 4) is 0 Å². The summed E-state index contributed by atoms with van der Waals surface area (Å²) in [6.45, 7) is 2.81. The zero-order valence-corrected chi connectivity index (χ0v) is 14.6. The number of rotatable bonds is 5. The summed E-state index contributed by atoms with van der Waals surface area (Å²) >= 11 is 0. The van der Waals surface area contributed by atoms with Crippen LogP contribution in [0.15, 0.2) is 53.4 Å². The Bertz CT molecular complexity index is 873. The molecule has 6 nitrogen and oxygen atoms in total. The van der Waals surface area contributed by atoms with Crippen LogP contribution in [0.25, 0.3) is 0 Å². The van der Waals surface area contributed by atoms with E-state index in [0.29, 0.717) is 25.3 Å². The molecule has 3 rings (SSSR count). The molecule has 25 heavy (non-hydrogen) atoms. The fourth-order valence-corrected chi connectivity index (χ4v) is 3.63. The molecule has 7 heteroatoms. The maximum Gasteiger partial charge on any atom is 0.338 e. The molecule has 0 aliphatic carbocycles. The Morgan fingerprint density at radius 2 is 2.00 bits per heavy atom. The quantitative estimate of drug-likeness (QED) is 0.828. The zero-order chi connectivity index (χ0) is 17.9. The summed E-state index contributed by atoms with van der Waals surface area (Å²) in [6, 6.07) is 12.9. The van der Waals surface area contributed by atoms with Gasteiger partial charge in [-0.2, -0.15) is 0 Å². The van der Waals surface area contributed by atoms with Gasteiger partial charge < -0.3 is 9.47 Å². The number of nitrogens with one attached hydrogen (secondary N) is 1. The summed E-state index contributed by atoms with van der Waals surface area (Å²) in [5.74, 6) is -0.553. The van der Waals surface area contributed by atoms with Gasteiger partial charge in [0.1, 0.15) is 6.10 Å². The first-order valence-corrected chi connectivity index (χ1v) is 9.41. The third-order valence-electron chi connectivity index (χ3n) is 3.81. The summed E-state index contributed by atoms with van der Waals surface area (Å²) < 4.78 is 38.1. The van der Waals surface area contributed by atoms with E-state index < -0.39 is 16.0 Å². The molecule has 0 aromatic heterocycles. The maximum absolute atomic E-state index is 12.5. The Morgan fingerprint density at radius 3 is 2.72 bits per heavy atom. The second-order valence-corrected chi connectivity index (χ2v) is 7.58. The highest BCUT2D eigenvalue weighted by atomic mass is 32.2. The Morgan fingerprint density at radius 1 is 1.20 bits per heavy atom. The van der Waals surface area contributed by atoms with Crippen LogP contribution in [0.5, 0.6) is 0 Å². The van der Waals surface area contributed by atoms with E-state index in [1.807, 2.05) is 13.0 Å². The maximum atomic E-state index is 12.5. The normalized spacial score (nSPS) is 17.2.